The fourth-order valence-corrected chi connectivity index (χ4v) is 1.93. The van der Waals surface area contributed by atoms with E-state index in [-0.39, 0.29) is 0 Å². The Balaban J connectivity index is 1.76. The van der Waals surface area contributed by atoms with Crippen molar-refractivity contribution in [1.82, 2.24) is 10.3 Å². The maximum absolute atomic E-state index is 4.38. The van der Waals surface area contributed by atoms with Crippen molar-refractivity contribution in [3.63, 3.8) is 0 Å². The number of rotatable bonds is 5. The van der Waals surface area contributed by atoms with Crippen LogP contribution >= 0.6 is 0 Å². The summed E-state index contributed by atoms with van der Waals surface area (Å²) in [6, 6.07) is 12.7. The normalized spacial score (nSPS) is 10.6. The molecule has 0 saturated carbocycles. The molecule has 0 spiro atoms. The Morgan fingerprint density at radius 2 is 1.89 bits per heavy atom. The minimum Gasteiger partial charge on any atom is -0.311 e. The van der Waals surface area contributed by atoms with Crippen LogP contribution in [-0.2, 0) is 13.0 Å². The summed E-state index contributed by atoms with van der Waals surface area (Å²) in [5.74, 6) is 0. The third kappa shape index (κ3) is 3.67. The minimum atomic E-state index is 0.839. The highest BCUT2D eigenvalue weighted by Gasteiger charge is 1.97. The highest BCUT2D eigenvalue weighted by Crippen LogP contribution is 2.07. The first kappa shape index (κ1) is 12.8. The van der Waals surface area contributed by atoms with Crippen LogP contribution in [0.25, 0.3) is 0 Å². The van der Waals surface area contributed by atoms with Gasteiger partial charge in [-0.1, -0.05) is 30.3 Å². The Labute approximate surface area is 109 Å². The van der Waals surface area contributed by atoms with Crippen LogP contribution in [0.2, 0.25) is 0 Å². The molecular formula is C16H20N2. The van der Waals surface area contributed by atoms with Gasteiger partial charge in [-0.2, -0.15) is 0 Å². The Kier molecular flexibility index (Phi) is 4.48. The van der Waals surface area contributed by atoms with Crippen molar-refractivity contribution in [2.75, 3.05) is 6.54 Å². The van der Waals surface area contributed by atoms with Crippen LogP contribution in [0.1, 0.15) is 22.4 Å². The van der Waals surface area contributed by atoms with Gasteiger partial charge < -0.3 is 5.32 Å². The predicted molar refractivity (Wildman–Crippen MR) is 75.6 cm³/mol. The lowest BCUT2D eigenvalue weighted by Crippen LogP contribution is -2.17. The highest BCUT2D eigenvalue weighted by molar-refractivity contribution is 5.25. The minimum absolute atomic E-state index is 0.839. The summed E-state index contributed by atoms with van der Waals surface area (Å²) in [4.78, 5) is 4.38. The lowest BCUT2D eigenvalue weighted by molar-refractivity contribution is 0.673. The molecule has 0 radical (unpaired) electrons. The van der Waals surface area contributed by atoms with Gasteiger partial charge in [0.1, 0.15) is 0 Å². The summed E-state index contributed by atoms with van der Waals surface area (Å²) in [7, 11) is 0. The van der Waals surface area contributed by atoms with E-state index >= 15 is 0 Å². The van der Waals surface area contributed by atoms with Gasteiger partial charge in [0, 0.05) is 12.7 Å². The van der Waals surface area contributed by atoms with Gasteiger partial charge in [-0.05, 0) is 49.6 Å². The van der Waals surface area contributed by atoms with Gasteiger partial charge in [0.2, 0.25) is 0 Å². The van der Waals surface area contributed by atoms with E-state index in [0.717, 1.165) is 25.2 Å². The highest BCUT2D eigenvalue weighted by atomic mass is 14.9. The Morgan fingerprint density at radius 3 is 2.61 bits per heavy atom. The quantitative estimate of drug-likeness (QED) is 0.813. The molecule has 0 saturated heterocycles. The zero-order valence-corrected chi connectivity index (χ0v) is 11.1. The molecular weight excluding hydrogens is 220 g/mol. The summed E-state index contributed by atoms with van der Waals surface area (Å²) in [6.07, 6.45) is 2.98. The van der Waals surface area contributed by atoms with Crippen molar-refractivity contribution < 1.29 is 0 Å². The van der Waals surface area contributed by atoms with Crippen molar-refractivity contribution in [2.45, 2.75) is 26.8 Å². The van der Waals surface area contributed by atoms with Gasteiger partial charge in [0.05, 0.1) is 5.69 Å². The van der Waals surface area contributed by atoms with Gasteiger partial charge in [0.25, 0.3) is 0 Å². The lowest BCUT2D eigenvalue weighted by Gasteiger charge is -2.07. The van der Waals surface area contributed by atoms with Crippen LogP contribution in [-0.4, -0.2) is 11.5 Å². The molecule has 0 bridgehead atoms. The van der Waals surface area contributed by atoms with Crippen molar-refractivity contribution in [3.8, 4) is 0 Å². The van der Waals surface area contributed by atoms with Crippen molar-refractivity contribution >= 4 is 0 Å². The summed E-state index contributed by atoms with van der Waals surface area (Å²) < 4.78 is 0. The molecule has 0 aliphatic carbocycles. The largest absolute Gasteiger partial charge is 0.311 e. The molecule has 0 atom stereocenters. The van der Waals surface area contributed by atoms with E-state index in [1.807, 2.05) is 6.20 Å². The predicted octanol–water partition coefficient (Wildman–Crippen LogP) is 3.03. The van der Waals surface area contributed by atoms with E-state index in [0.29, 0.717) is 0 Å². The summed E-state index contributed by atoms with van der Waals surface area (Å²) in [5, 5.41) is 3.43. The monoisotopic (exact) mass is 240 g/mol. The van der Waals surface area contributed by atoms with Crippen LogP contribution < -0.4 is 5.32 Å². The molecule has 94 valence electrons. The Hall–Kier alpha value is -1.67. The van der Waals surface area contributed by atoms with E-state index in [1.165, 1.54) is 16.7 Å². The number of benzene rings is 1. The molecule has 2 rings (SSSR count). The van der Waals surface area contributed by atoms with Gasteiger partial charge >= 0.3 is 0 Å². The van der Waals surface area contributed by atoms with Crippen LogP contribution in [0.5, 0.6) is 0 Å². The molecule has 0 aliphatic rings. The standard InChI is InChI=1S/C16H20N2/c1-13-7-8-16(18-11-13)12-17-10-9-15-6-4-3-5-14(15)2/h3-8,11,17H,9-10,12H2,1-2H3. The second-order valence-corrected chi connectivity index (χ2v) is 4.68. The fraction of sp³-hybridized carbons (Fsp3) is 0.312. The number of aryl methyl sites for hydroxylation is 2. The number of hydrogen-bond donors (Lipinski definition) is 1. The van der Waals surface area contributed by atoms with Crippen molar-refractivity contribution in [1.29, 1.82) is 0 Å². The van der Waals surface area contributed by atoms with Gasteiger partial charge in [-0.15, -0.1) is 0 Å². The van der Waals surface area contributed by atoms with E-state index in [9.17, 15) is 0 Å². The number of nitrogens with one attached hydrogen (secondary N) is 1. The van der Waals surface area contributed by atoms with E-state index in [2.05, 4.69) is 60.5 Å². The molecule has 1 aromatic carbocycles. The molecule has 2 aromatic rings. The van der Waals surface area contributed by atoms with Crippen LogP contribution in [0.15, 0.2) is 42.6 Å². The van der Waals surface area contributed by atoms with E-state index < -0.39 is 0 Å². The summed E-state index contributed by atoms with van der Waals surface area (Å²) >= 11 is 0. The molecule has 1 N–H and O–H groups in total. The fourth-order valence-electron chi connectivity index (χ4n) is 1.93. The Morgan fingerprint density at radius 1 is 1.06 bits per heavy atom. The first-order valence-corrected chi connectivity index (χ1v) is 6.42. The third-order valence-electron chi connectivity index (χ3n) is 3.11. The second-order valence-electron chi connectivity index (χ2n) is 4.68. The maximum atomic E-state index is 4.38. The average Bonchev–Trinajstić information content (AvgIpc) is 2.39. The van der Waals surface area contributed by atoms with Crippen LogP contribution in [0.4, 0.5) is 0 Å². The molecule has 0 fully saturated rings. The summed E-state index contributed by atoms with van der Waals surface area (Å²) in [5.41, 5.74) is 5.10. The molecule has 18 heavy (non-hydrogen) atoms. The van der Waals surface area contributed by atoms with E-state index in [1.54, 1.807) is 0 Å². The molecule has 1 heterocycles. The Bertz CT molecular complexity index is 489. The van der Waals surface area contributed by atoms with Crippen LogP contribution in [0, 0.1) is 13.8 Å². The molecule has 0 aliphatic heterocycles. The van der Waals surface area contributed by atoms with Crippen molar-refractivity contribution in [2.24, 2.45) is 0 Å². The SMILES string of the molecule is Cc1ccc(CNCCc2ccccc2C)nc1. The lowest BCUT2D eigenvalue weighted by atomic mass is 10.1. The molecule has 0 amide bonds. The third-order valence-corrected chi connectivity index (χ3v) is 3.11. The second kappa shape index (κ2) is 6.31. The van der Waals surface area contributed by atoms with Gasteiger partial charge in [-0.3, -0.25) is 4.98 Å². The average molecular weight is 240 g/mol. The first-order valence-electron chi connectivity index (χ1n) is 6.42. The van der Waals surface area contributed by atoms with E-state index in [4.69, 9.17) is 0 Å². The molecule has 1 aromatic heterocycles. The number of pyridine rings is 1. The number of hydrogen-bond acceptors (Lipinski definition) is 2. The number of nitrogens with zero attached hydrogens (tertiary/aromatic N) is 1. The maximum Gasteiger partial charge on any atom is 0.0541 e. The van der Waals surface area contributed by atoms with Gasteiger partial charge in [0.15, 0.2) is 0 Å². The smallest absolute Gasteiger partial charge is 0.0541 e. The topological polar surface area (TPSA) is 24.9 Å². The summed E-state index contributed by atoms with van der Waals surface area (Å²) in [6.45, 7) is 6.05. The van der Waals surface area contributed by atoms with Crippen molar-refractivity contribution in [3.05, 3.63) is 65.0 Å². The van der Waals surface area contributed by atoms with Gasteiger partial charge in [-0.25, -0.2) is 0 Å². The molecule has 0 unspecified atom stereocenters. The van der Waals surface area contributed by atoms with Crippen LogP contribution in [0.3, 0.4) is 0 Å². The molecule has 2 heteroatoms. The number of aromatic nitrogens is 1. The zero-order valence-electron chi connectivity index (χ0n) is 11.1. The molecule has 2 nitrogen and oxygen atoms in total. The first-order chi connectivity index (χ1) is 8.75. The zero-order chi connectivity index (χ0) is 12.8.